The molecule has 4 heteroatoms. The van der Waals surface area contributed by atoms with Gasteiger partial charge in [0.1, 0.15) is 5.54 Å². The third-order valence-corrected chi connectivity index (χ3v) is 7.29. The van der Waals surface area contributed by atoms with Crippen molar-refractivity contribution in [1.82, 2.24) is 5.09 Å². The minimum absolute atomic E-state index is 0.680. The van der Waals surface area contributed by atoms with Crippen molar-refractivity contribution in [2.24, 2.45) is 0 Å². The Morgan fingerprint density at radius 3 is 1.73 bits per heavy atom. The lowest BCUT2D eigenvalue weighted by molar-refractivity contribution is 0.532. The van der Waals surface area contributed by atoms with Gasteiger partial charge in [0.05, 0.1) is 6.07 Å². The molecule has 0 radical (unpaired) electrons. The molecule has 0 aliphatic heterocycles. The van der Waals surface area contributed by atoms with E-state index in [1.165, 1.54) is 0 Å². The number of nitrogens with one attached hydrogen (secondary N) is 1. The van der Waals surface area contributed by atoms with Gasteiger partial charge in [-0.15, -0.1) is 0 Å². The lowest BCUT2D eigenvalue weighted by atomic mass is 9.94. The summed E-state index contributed by atoms with van der Waals surface area (Å²) < 4.78 is 14.2. The average molecular weight is 360 g/mol. The Balaban J connectivity index is 2.13. The van der Waals surface area contributed by atoms with E-state index in [2.05, 4.69) is 11.2 Å². The molecule has 0 amide bonds. The second kappa shape index (κ2) is 7.30. The van der Waals surface area contributed by atoms with Gasteiger partial charge in [0.25, 0.3) is 0 Å². The Morgan fingerprint density at radius 2 is 1.31 bits per heavy atom. The van der Waals surface area contributed by atoms with Gasteiger partial charge in [-0.25, -0.2) is 5.09 Å². The van der Waals surface area contributed by atoms with Crippen LogP contribution in [0.1, 0.15) is 18.1 Å². The SMILES string of the molecule is Cc1ccc([C@](C)(C#N)NP(=O)(c2ccccc2)c2ccccc2)cc1. The predicted octanol–water partition coefficient (Wildman–Crippen LogP) is 4.25. The first-order valence-electron chi connectivity index (χ1n) is 8.47. The molecule has 1 atom stereocenters. The highest BCUT2D eigenvalue weighted by Crippen LogP contribution is 2.43. The molecule has 3 aromatic carbocycles. The summed E-state index contributed by atoms with van der Waals surface area (Å²) in [4.78, 5) is 0. The smallest absolute Gasteiger partial charge is 0.206 e. The van der Waals surface area contributed by atoms with E-state index in [9.17, 15) is 9.83 Å². The van der Waals surface area contributed by atoms with Gasteiger partial charge in [-0.1, -0.05) is 66.2 Å². The van der Waals surface area contributed by atoms with E-state index in [4.69, 9.17) is 0 Å². The van der Waals surface area contributed by atoms with E-state index in [1.54, 1.807) is 6.92 Å². The average Bonchev–Trinajstić information content (AvgIpc) is 2.69. The quantitative estimate of drug-likeness (QED) is 0.692. The molecule has 130 valence electrons. The van der Waals surface area contributed by atoms with Crippen LogP contribution in [-0.4, -0.2) is 0 Å². The molecule has 3 nitrogen and oxygen atoms in total. The normalized spacial score (nSPS) is 13.6. The summed E-state index contributed by atoms with van der Waals surface area (Å²) in [6.45, 7) is 3.77. The zero-order valence-electron chi connectivity index (χ0n) is 14.9. The van der Waals surface area contributed by atoms with E-state index < -0.39 is 12.8 Å². The standard InChI is InChI=1S/C22H21N2OP/c1-18-13-15-19(16-14-18)22(2,17-23)24-26(25,20-9-5-3-6-10-20)21-11-7-4-8-12-21/h3-16H,1-2H3,(H,24,25)/t22-/m0/s1. The fourth-order valence-electron chi connectivity index (χ4n) is 2.91. The van der Waals surface area contributed by atoms with Crippen LogP contribution in [0.25, 0.3) is 0 Å². The van der Waals surface area contributed by atoms with Crippen LogP contribution < -0.4 is 15.7 Å². The highest BCUT2D eigenvalue weighted by atomic mass is 31.2. The number of rotatable bonds is 5. The molecular weight excluding hydrogens is 339 g/mol. The second-order valence-corrected chi connectivity index (χ2v) is 8.97. The monoisotopic (exact) mass is 360 g/mol. The molecule has 0 heterocycles. The van der Waals surface area contributed by atoms with Crippen LogP contribution in [-0.2, 0) is 10.1 Å². The minimum Gasteiger partial charge on any atom is -0.296 e. The molecule has 0 unspecified atom stereocenters. The highest BCUT2D eigenvalue weighted by Gasteiger charge is 2.37. The van der Waals surface area contributed by atoms with Crippen LogP contribution in [0, 0.1) is 18.3 Å². The molecule has 0 aliphatic rings. The first kappa shape index (κ1) is 18.1. The molecular formula is C22H21N2OP. The van der Waals surface area contributed by atoms with E-state index >= 15 is 0 Å². The van der Waals surface area contributed by atoms with Crippen LogP contribution in [0.15, 0.2) is 84.9 Å². The van der Waals surface area contributed by atoms with Crippen LogP contribution in [0.5, 0.6) is 0 Å². The third-order valence-electron chi connectivity index (χ3n) is 4.47. The number of nitriles is 1. The largest absolute Gasteiger partial charge is 0.296 e. The van der Waals surface area contributed by atoms with E-state index in [1.807, 2.05) is 91.9 Å². The van der Waals surface area contributed by atoms with Crippen molar-refractivity contribution in [3.63, 3.8) is 0 Å². The van der Waals surface area contributed by atoms with Gasteiger partial charge >= 0.3 is 0 Å². The highest BCUT2D eigenvalue weighted by molar-refractivity contribution is 7.77. The van der Waals surface area contributed by atoms with Gasteiger partial charge in [0.15, 0.2) is 0 Å². The number of benzene rings is 3. The summed E-state index contributed by atoms with van der Waals surface area (Å²) in [5, 5.41) is 14.5. The topological polar surface area (TPSA) is 52.9 Å². The predicted molar refractivity (Wildman–Crippen MR) is 107 cm³/mol. The molecule has 0 saturated heterocycles. The maximum atomic E-state index is 14.2. The molecule has 0 aliphatic carbocycles. The molecule has 1 N–H and O–H groups in total. The van der Waals surface area contributed by atoms with Crippen LogP contribution >= 0.6 is 7.29 Å². The lowest BCUT2D eigenvalue weighted by Gasteiger charge is -2.30. The van der Waals surface area contributed by atoms with Crippen molar-refractivity contribution in [3.8, 4) is 6.07 Å². The summed E-state index contributed by atoms with van der Waals surface area (Å²) in [5.74, 6) is 0. The summed E-state index contributed by atoms with van der Waals surface area (Å²) >= 11 is 0. The number of aryl methyl sites for hydroxylation is 1. The Bertz CT molecular complexity index is 919. The fraction of sp³-hybridized carbons (Fsp3) is 0.136. The summed E-state index contributed by atoms with van der Waals surface area (Å²) in [6, 6.07) is 28.7. The number of hydrogen-bond acceptors (Lipinski definition) is 2. The van der Waals surface area contributed by atoms with Gasteiger partial charge in [-0.2, -0.15) is 5.26 Å². The van der Waals surface area contributed by atoms with E-state index in [0.29, 0.717) is 10.6 Å². The molecule has 0 bridgehead atoms. The number of nitrogens with zero attached hydrogens (tertiary/aromatic N) is 1. The maximum absolute atomic E-state index is 14.2. The van der Waals surface area contributed by atoms with Crippen molar-refractivity contribution in [1.29, 1.82) is 5.26 Å². The molecule has 3 aromatic rings. The summed E-state index contributed by atoms with van der Waals surface area (Å²) in [6.07, 6.45) is 0. The van der Waals surface area contributed by atoms with Gasteiger partial charge in [-0.05, 0) is 43.7 Å². The van der Waals surface area contributed by atoms with Crippen molar-refractivity contribution < 1.29 is 4.57 Å². The molecule has 0 fully saturated rings. The zero-order chi connectivity index (χ0) is 18.6. The van der Waals surface area contributed by atoms with Crippen LogP contribution in [0.3, 0.4) is 0 Å². The molecule has 0 spiro atoms. The number of hydrogen-bond donors (Lipinski definition) is 1. The van der Waals surface area contributed by atoms with Crippen LogP contribution in [0.2, 0.25) is 0 Å². The maximum Gasteiger partial charge on any atom is 0.206 e. The van der Waals surface area contributed by atoms with Crippen molar-refractivity contribution >= 4 is 17.9 Å². The lowest BCUT2D eigenvalue weighted by Crippen LogP contribution is -2.41. The van der Waals surface area contributed by atoms with Gasteiger partial charge in [0, 0.05) is 10.6 Å². The molecule has 3 rings (SSSR count). The van der Waals surface area contributed by atoms with E-state index in [0.717, 1.165) is 11.1 Å². The Kier molecular flexibility index (Phi) is 5.09. The van der Waals surface area contributed by atoms with Crippen LogP contribution in [0.4, 0.5) is 0 Å². The van der Waals surface area contributed by atoms with Gasteiger partial charge < -0.3 is 0 Å². The van der Waals surface area contributed by atoms with Crippen molar-refractivity contribution in [2.75, 3.05) is 0 Å². The first-order valence-corrected chi connectivity index (χ1v) is 10.2. The fourth-order valence-corrected chi connectivity index (χ4v) is 5.46. The second-order valence-electron chi connectivity index (χ2n) is 6.50. The van der Waals surface area contributed by atoms with Crippen molar-refractivity contribution in [3.05, 3.63) is 96.1 Å². The van der Waals surface area contributed by atoms with Gasteiger partial charge in [0.2, 0.25) is 7.29 Å². The Labute approximate surface area is 154 Å². The minimum atomic E-state index is -3.21. The zero-order valence-corrected chi connectivity index (χ0v) is 15.8. The molecule has 0 aromatic heterocycles. The van der Waals surface area contributed by atoms with Crippen molar-refractivity contribution in [2.45, 2.75) is 19.4 Å². The Morgan fingerprint density at radius 1 is 0.846 bits per heavy atom. The third kappa shape index (κ3) is 3.48. The molecule has 0 saturated carbocycles. The summed E-state index contributed by atoms with van der Waals surface area (Å²) in [5.41, 5.74) is 0.815. The van der Waals surface area contributed by atoms with E-state index in [-0.39, 0.29) is 0 Å². The Hall–Kier alpha value is -2.66. The molecule has 26 heavy (non-hydrogen) atoms. The first-order chi connectivity index (χ1) is 12.5. The van der Waals surface area contributed by atoms with Gasteiger partial charge in [-0.3, -0.25) is 4.57 Å². The summed E-state index contributed by atoms with van der Waals surface area (Å²) in [7, 11) is -3.21.